The van der Waals surface area contributed by atoms with Crippen LogP contribution < -0.4 is 15.4 Å². The zero-order valence-corrected chi connectivity index (χ0v) is 12.5. The SMILES string of the molecule is CNCc1ccccc1OCC(=O)Nc1cccc(Cl)c1. The summed E-state index contributed by atoms with van der Waals surface area (Å²) in [5.41, 5.74) is 1.66. The minimum atomic E-state index is -0.225. The zero-order chi connectivity index (χ0) is 15.1. The molecule has 5 heteroatoms. The molecular weight excluding hydrogens is 288 g/mol. The summed E-state index contributed by atoms with van der Waals surface area (Å²) in [7, 11) is 1.86. The average Bonchev–Trinajstić information content (AvgIpc) is 2.47. The van der Waals surface area contributed by atoms with Crippen LogP contribution in [0.25, 0.3) is 0 Å². The fourth-order valence-electron chi connectivity index (χ4n) is 1.89. The van der Waals surface area contributed by atoms with Crippen LogP contribution in [0.4, 0.5) is 5.69 Å². The maximum Gasteiger partial charge on any atom is 0.262 e. The standard InChI is InChI=1S/C16H17ClN2O2/c1-18-10-12-5-2-3-8-15(12)21-11-16(20)19-14-7-4-6-13(17)9-14/h2-9,18H,10-11H2,1H3,(H,19,20). The molecule has 110 valence electrons. The summed E-state index contributed by atoms with van der Waals surface area (Å²) in [6.45, 7) is 0.638. The summed E-state index contributed by atoms with van der Waals surface area (Å²) in [6, 6.07) is 14.6. The van der Waals surface area contributed by atoms with Gasteiger partial charge in [0.25, 0.3) is 5.91 Å². The molecule has 0 spiro atoms. The highest BCUT2D eigenvalue weighted by molar-refractivity contribution is 6.30. The molecule has 0 aliphatic carbocycles. The maximum absolute atomic E-state index is 11.9. The van der Waals surface area contributed by atoms with Crippen molar-refractivity contribution in [3.05, 3.63) is 59.1 Å². The van der Waals surface area contributed by atoms with Gasteiger partial charge in [-0.2, -0.15) is 0 Å². The Kier molecular flexibility index (Phi) is 5.60. The van der Waals surface area contributed by atoms with E-state index in [1.54, 1.807) is 24.3 Å². The normalized spacial score (nSPS) is 10.2. The van der Waals surface area contributed by atoms with E-state index >= 15 is 0 Å². The first-order valence-corrected chi connectivity index (χ1v) is 6.97. The third kappa shape index (κ3) is 4.77. The number of nitrogens with one attached hydrogen (secondary N) is 2. The van der Waals surface area contributed by atoms with Crippen molar-refractivity contribution in [1.29, 1.82) is 0 Å². The molecule has 0 bridgehead atoms. The van der Waals surface area contributed by atoms with Crippen LogP contribution in [-0.4, -0.2) is 19.6 Å². The van der Waals surface area contributed by atoms with Gasteiger partial charge in [0.05, 0.1) is 0 Å². The summed E-state index contributed by atoms with van der Waals surface area (Å²) in [4.78, 5) is 11.9. The van der Waals surface area contributed by atoms with Crippen LogP contribution in [0.5, 0.6) is 5.75 Å². The van der Waals surface area contributed by atoms with Gasteiger partial charge in [0, 0.05) is 22.8 Å². The van der Waals surface area contributed by atoms with Crippen LogP contribution >= 0.6 is 11.6 Å². The number of hydrogen-bond acceptors (Lipinski definition) is 3. The Labute approximate surface area is 129 Å². The Morgan fingerprint density at radius 1 is 1.19 bits per heavy atom. The number of rotatable bonds is 6. The molecule has 0 aliphatic rings. The summed E-state index contributed by atoms with van der Waals surface area (Å²) in [5, 5.41) is 6.38. The van der Waals surface area contributed by atoms with Crippen LogP contribution in [0.1, 0.15) is 5.56 Å². The van der Waals surface area contributed by atoms with Crippen molar-refractivity contribution in [2.24, 2.45) is 0 Å². The number of halogens is 1. The van der Waals surface area contributed by atoms with Crippen LogP contribution in [0.2, 0.25) is 5.02 Å². The van der Waals surface area contributed by atoms with Crippen molar-refractivity contribution in [1.82, 2.24) is 5.32 Å². The van der Waals surface area contributed by atoms with E-state index < -0.39 is 0 Å². The lowest BCUT2D eigenvalue weighted by molar-refractivity contribution is -0.118. The summed E-state index contributed by atoms with van der Waals surface area (Å²) in [5.74, 6) is 0.477. The highest BCUT2D eigenvalue weighted by Gasteiger charge is 2.06. The molecule has 21 heavy (non-hydrogen) atoms. The zero-order valence-electron chi connectivity index (χ0n) is 11.7. The number of amides is 1. The molecule has 0 atom stereocenters. The molecular formula is C16H17ClN2O2. The molecule has 0 radical (unpaired) electrons. The molecule has 1 amide bonds. The summed E-state index contributed by atoms with van der Waals surface area (Å²) >= 11 is 5.87. The predicted molar refractivity (Wildman–Crippen MR) is 84.8 cm³/mol. The van der Waals surface area contributed by atoms with E-state index in [1.165, 1.54) is 0 Å². The second kappa shape index (κ2) is 7.67. The first-order valence-electron chi connectivity index (χ1n) is 6.60. The van der Waals surface area contributed by atoms with Crippen molar-refractivity contribution in [2.45, 2.75) is 6.54 Å². The number of ether oxygens (including phenoxy) is 1. The van der Waals surface area contributed by atoms with E-state index in [1.807, 2.05) is 31.3 Å². The van der Waals surface area contributed by atoms with Crippen molar-refractivity contribution < 1.29 is 9.53 Å². The Morgan fingerprint density at radius 3 is 2.76 bits per heavy atom. The fraction of sp³-hybridized carbons (Fsp3) is 0.188. The molecule has 2 N–H and O–H groups in total. The van der Waals surface area contributed by atoms with Gasteiger partial charge in [0.1, 0.15) is 5.75 Å². The lowest BCUT2D eigenvalue weighted by Crippen LogP contribution is -2.20. The van der Waals surface area contributed by atoms with E-state index in [2.05, 4.69) is 10.6 Å². The minimum Gasteiger partial charge on any atom is -0.483 e. The molecule has 0 aliphatic heterocycles. The van der Waals surface area contributed by atoms with Gasteiger partial charge in [-0.3, -0.25) is 4.79 Å². The smallest absolute Gasteiger partial charge is 0.262 e. The van der Waals surface area contributed by atoms with Gasteiger partial charge >= 0.3 is 0 Å². The van der Waals surface area contributed by atoms with Gasteiger partial charge in [-0.05, 0) is 31.3 Å². The maximum atomic E-state index is 11.9. The highest BCUT2D eigenvalue weighted by atomic mass is 35.5. The second-order valence-corrected chi connectivity index (χ2v) is 4.92. The quantitative estimate of drug-likeness (QED) is 0.862. The monoisotopic (exact) mass is 304 g/mol. The van der Waals surface area contributed by atoms with E-state index in [-0.39, 0.29) is 12.5 Å². The molecule has 2 aromatic rings. The highest BCUT2D eigenvalue weighted by Crippen LogP contribution is 2.18. The number of carbonyl (C=O) groups excluding carboxylic acids is 1. The van der Waals surface area contributed by atoms with Crippen LogP contribution in [0.3, 0.4) is 0 Å². The van der Waals surface area contributed by atoms with Gasteiger partial charge in [0.2, 0.25) is 0 Å². The molecule has 0 unspecified atom stereocenters. The van der Waals surface area contributed by atoms with E-state index in [0.717, 1.165) is 5.56 Å². The third-order valence-electron chi connectivity index (χ3n) is 2.81. The van der Waals surface area contributed by atoms with Gasteiger partial charge in [-0.15, -0.1) is 0 Å². The first-order chi connectivity index (χ1) is 10.2. The molecule has 0 heterocycles. The Hall–Kier alpha value is -2.04. The topological polar surface area (TPSA) is 50.4 Å². The number of para-hydroxylation sites is 1. The summed E-state index contributed by atoms with van der Waals surface area (Å²) < 4.78 is 5.57. The number of anilines is 1. The Balaban J connectivity index is 1.92. The van der Waals surface area contributed by atoms with Crippen molar-refractivity contribution in [3.8, 4) is 5.75 Å². The van der Waals surface area contributed by atoms with Gasteiger partial charge < -0.3 is 15.4 Å². The van der Waals surface area contributed by atoms with Crippen LogP contribution in [0.15, 0.2) is 48.5 Å². The van der Waals surface area contributed by atoms with Crippen molar-refractivity contribution in [3.63, 3.8) is 0 Å². The lowest BCUT2D eigenvalue weighted by Gasteiger charge is -2.11. The molecule has 0 saturated heterocycles. The van der Waals surface area contributed by atoms with Crippen LogP contribution in [-0.2, 0) is 11.3 Å². The summed E-state index contributed by atoms with van der Waals surface area (Å²) in [6.07, 6.45) is 0. The van der Waals surface area contributed by atoms with Crippen molar-refractivity contribution >= 4 is 23.2 Å². The van der Waals surface area contributed by atoms with E-state index in [4.69, 9.17) is 16.3 Å². The Morgan fingerprint density at radius 2 is 2.00 bits per heavy atom. The van der Waals surface area contributed by atoms with Gasteiger partial charge in [-0.25, -0.2) is 0 Å². The molecule has 0 fully saturated rings. The number of carbonyl (C=O) groups is 1. The molecule has 2 aromatic carbocycles. The second-order valence-electron chi connectivity index (χ2n) is 4.49. The number of hydrogen-bond donors (Lipinski definition) is 2. The van der Waals surface area contributed by atoms with Crippen molar-refractivity contribution in [2.75, 3.05) is 19.0 Å². The number of benzene rings is 2. The minimum absolute atomic E-state index is 0.0484. The third-order valence-corrected chi connectivity index (χ3v) is 3.04. The fourth-order valence-corrected chi connectivity index (χ4v) is 2.08. The van der Waals surface area contributed by atoms with Gasteiger partial charge in [0.15, 0.2) is 6.61 Å². The molecule has 2 rings (SSSR count). The predicted octanol–water partition coefficient (Wildman–Crippen LogP) is 3.08. The van der Waals surface area contributed by atoms with E-state index in [9.17, 15) is 4.79 Å². The lowest BCUT2D eigenvalue weighted by atomic mass is 10.2. The van der Waals surface area contributed by atoms with Crippen LogP contribution in [0, 0.1) is 0 Å². The largest absolute Gasteiger partial charge is 0.483 e. The van der Waals surface area contributed by atoms with E-state index in [0.29, 0.717) is 23.0 Å². The molecule has 0 aromatic heterocycles. The van der Waals surface area contributed by atoms with Gasteiger partial charge in [-0.1, -0.05) is 35.9 Å². The average molecular weight is 305 g/mol. The molecule has 0 saturated carbocycles. The molecule has 4 nitrogen and oxygen atoms in total. The first kappa shape index (κ1) is 15.4. The Bertz CT molecular complexity index is 617.